The van der Waals surface area contributed by atoms with Crippen LogP contribution in [0.2, 0.25) is 0 Å². The quantitative estimate of drug-likeness (QED) is 0.728. The number of carbonyl (C=O) groups excluding carboxylic acids is 2. The van der Waals surface area contributed by atoms with Gasteiger partial charge in [-0.2, -0.15) is 0 Å². The van der Waals surface area contributed by atoms with Crippen LogP contribution in [0.5, 0.6) is 0 Å². The molecule has 0 bridgehead atoms. The Morgan fingerprint density at radius 2 is 1.74 bits per heavy atom. The molecule has 0 aliphatic heterocycles. The molecule has 7 nitrogen and oxygen atoms in total. The molecule has 7 heteroatoms. The molecular formula is C20H20N4O3. The first kappa shape index (κ1) is 18.3. The van der Waals surface area contributed by atoms with Crippen molar-refractivity contribution in [3.8, 4) is 0 Å². The number of carbonyl (C=O) groups is 2. The topological polar surface area (TPSA) is 93.1 Å². The number of para-hydroxylation sites is 1. The molecule has 0 saturated carbocycles. The van der Waals surface area contributed by atoms with E-state index in [0.717, 1.165) is 5.56 Å². The molecule has 0 aliphatic rings. The third-order valence-electron chi connectivity index (χ3n) is 4.23. The van der Waals surface area contributed by atoms with Gasteiger partial charge in [-0.3, -0.25) is 19.0 Å². The van der Waals surface area contributed by atoms with E-state index in [2.05, 4.69) is 15.6 Å². The van der Waals surface area contributed by atoms with E-state index in [-0.39, 0.29) is 30.3 Å². The van der Waals surface area contributed by atoms with Crippen LogP contribution in [0, 0.1) is 6.92 Å². The van der Waals surface area contributed by atoms with Crippen molar-refractivity contribution >= 4 is 34.1 Å². The summed E-state index contributed by atoms with van der Waals surface area (Å²) in [5.74, 6) is -0.400. The SMILES string of the molecule is CC(=O)Nc1cccc(NC(=O)CCn2cnc3ccccc3c2=O)c1C. The van der Waals surface area contributed by atoms with E-state index in [1.807, 2.05) is 13.0 Å². The maximum atomic E-state index is 12.5. The van der Waals surface area contributed by atoms with Crippen molar-refractivity contribution in [2.75, 3.05) is 10.6 Å². The third-order valence-corrected chi connectivity index (χ3v) is 4.23. The molecular weight excluding hydrogens is 344 g/mol. The minimum absolute atomic E-state index is 0.129. The molecule has 3 rings (SSSR count). The van der Waals surface area contributed by atoms with E-state index in [1.54, 1.807) is 36.4 Å². The summed E-state index contributed by atoms with van der Waals surface area (Å²) in [7, 11) is 0. The number of hydrogen-bond donors (Lipinski definition) is 2. The second-order valence-electron chi connectivity index (χ2n) is 6.22. The standard InChI is InChI=1S/C20H20N4O3/c1-13-16(22-14(2)25)8-5-9-17(13)23-19(26)10-11-24-12-21-18-7-4-3-6-15(18)20(24)27/h3-9,12H,10-11H2,1-2H3,(H,22,25)(H,23,26). The molecule has 2 aromatic carbocycles. The highest BCUT2D eigenvalue weighted by molar-refractivity contribution is 5.95. The Bertz CT molecular complexity index is 1070. The van der Waals surface area contributed by atoms with Gasteiger partial charge in [0.05, 0.1) is 17.2 Å². The Balaban J connectivity index is 1.70. The number of nitrogens with one attached hydrogen (secondary N) is 2. The highest BCUT2D eigenvalue weighted by atomic mass is 16.2. The summed E-state index contributed by atoms with van der Waals surface area (Å²) in [5, 5.41) is 6.08. The van der Waals surface area contributed by atoms with Crippen LogP contribution >= 0.6 is 0 Å². The number of fused-ring (bicyclic) bond motifs is 1. The zero-order valence-electron chi connectivity index (χ0n) is 15.2. The molecule has 0 saturated heterocycles. The number of benzene rings is 2. The molecule has 0 radical (unpaired) electrons. The van der Waals surface area contributed by atoms with Crippen LogP contribution in [0.15, 0.2) is 53.6 Å². The molecule has 2 N–H and O–H groups in total. The van der Waals surface area contributed by atoms with E-state index >= 15 is 0 Å². The molecule has 1 heterocycles. The van der Waals surface area contributed by atoms with Gasteiger partial charge in [0, 0.05) is 31.3 Å². The van der Waals surface area contributed by atoms with Gasteiger partial charge in [-0.1, -0.05) is 18.2 Å². The first-order chi connectivity index (χ1) is 13.0. The van der Waals surface area contributed by atoms with E-state index in [4.69, 9.17) is 0 Å². The van der Waals surface area contributed by atoms with Crippen LogP contribution in [-0.4, -0.2) is 21.4 Å². The highest BCUT2D eigenvalue weighted by Crippen LogP contribution is 2.23. The minimum atomic E-state index is -0.224. The van der Waals surface area contributed by atoms with Gasteiger partial charge in [-0.15, -0.1) is 0 Å². The Kier molecular flexibility index (Phi) is 5.30. The second-order valence-corrected chi connectivity index (χ2v) is 6.22. The average Bonchev–Trinajstić information content (AvgIpc) is 2.64. The van der Waals surface area contributed by atoms with Crippen LogP contribution in [0.3, 0.4) is 0 Å². The molecule has 2 amide bonds. The second kappa shape index (κ2) is 7.82. The average molecular weight is 364 g/mol. The maximum Gasteiger partial charge on any atom is 0.261 e. The Hall–Kier alpha value is -3.48. The molecule has 0 fully saturated rings. The van der Waals surface area contributed by atoms with E-state index in [1.165, 1.54) is 17.8 Å². The lowest BCUT2D eigenvalue weighted by atomic mass is 10.1. The van der Waals surface area contributed by atoms with Gasteiger partial charge in [0.2, 0.25) is 11.8 Å². The van der Waals surface area contributed by atoms with Crippen molar-refractivity contribution < 1.29 is 9.59 Å². The minimum Gasteiger partial charge on any atom is -0.326 e. The van der Waals surface area contributed by atoms with Crippen molar-refractivity contribution in [3.63, 3.8) is 0 Å². The third kappa shape index (κ3) is 4.20. The Morgan fingerprint density at radius 3 is 2.48 bits per heavy atom. The Labute approximate surface area is 156 Å². The number of amides is 2. The number of anilines is 2. The molecule has 138 valence electrons. The van der Waals surface area contributed by atoms with Crippen molar-refractivity contribution in [2.45, 2.75) is 26.8 Å². The number of nitrogens with zero attached hydrogens (tertiary/aromatic N) is 2. The van der Waals surface area contributed by atoms with Gasteiger partial charge in [-0.05, 0) is 36.8 Å². The Morgan fingerprint density at radius 1 is 1.04 bits per heavy atom. The normalized spacial score (nSPS) is 10.6. The highest BCUT2D eigenvalue weighted by Gasteiger charge is 2.10. The fourth-order valence-corrected chi connectivity index (χ4v) is 2.80. The zero-order chi connectivity index (χ0) is 19.4. The van der Waals surface area contributed by atoms with Crippen LogP contribution < -0.4 is 16.2 Å². The summed E-state index contributed by atoms with van der Waals surface area (Å²) in [4.78, 5) is 40.3. The summed E-state index contributed by atoms with van der Waals surface area (Å²) < 4.78 is 1.43. The summed E-state index contributed by atoms with van der Waals surface area (Å²) in [5.41, 5.74) is 2.50. The van der Waals surface area contributed by atoms with E-state index < -0.39 is 0 Å². The monoisotopic (exact) mass is 364 g/mol. The molecule has 3 aromatic rings. The number of aryl methyl sites for hydroxylation is 1. The number of aromatic nitrogens is 2. The lowest BCUT2D eigenvalue weighted by molar-refractivity contribution is -0.116. The zero-order valence-corrected chi connectivity index (χ0v) is 15.2. The van der Waals surface area contributed by atoms with E-state index in [9.17, 15) is 14.4 Å². The van der Waals surface area contributed by atoms with Crippen molar-refractivity contribution in [1.29, 1.82) is 0 Å². The fourth-order valence-electron chi connectivity index (χ4n) is 2.80. The van der Waals surface area contributed by atoms with Crippen molar-refractivity contribution in [3.05, 3.63) is 64.7 Å². The molecule has 0 spiro atoms. The maximum absolute atomic E-state index is 12.5. The van der Waals surface area contributed by atoms with Gasteiger partial charge < -0.3 is 10.6 Å². The molecule has 0 atom stereocenters. The smallest absolute Gasteiger partial charge is 0.261 e. The lowest BCUT2D eigenvalue weighted by Gasteiger charge is -2.13. The van der Waals surface area contributed by atoms with Gasteiger partial charge in [0.1, 0.15) is 0 Å². The number of hydrogen-bond acceptors (Lipinski definition) is 4. The first-order valence-electron chi connectivity index (χ1n) is 8.57. The van der Waals surface area contributed by atoms with Crippen LogP contribution in [0.4, 0.5) is 11.4 Å². The molecule has 27 heavy (non-hydrogen) atoms. The predicted octanol–water partition coefficient (Wildman–Crippen LogP) is 2.69. The molecule has 1 aromatic heterocycles. The summed E-state index contributed by atoms with van der Waals surface area (Å²) in [6, 6.07) is 12.4. The van der Waals surface area contributed by atoms with Gasteiger partial charge in [0.15, 0.2) is 0 Å². The lowest BCUT2D eigenvalue weighted by Crippen LogP contribution is -2.23. The largest absolute Gasteiger partial charge is 0.326 e. The summed E-state index contributed by atoms with van der Waals surface area (Å²) in [6.07, 6.45) is 1.59. The summed E-state index contributed by atoms with van der Waals surface area (Å²) >= 11 is 0. The van der Waals surface area contributed by atoms with Gasteiger partial charge >= 0.3 is 0 Å². The first-order valence-corrected chi connectivity index (χ1v) is 8.57. The van der Waals surface area contributed by atoms with Crippen LogP contribution in [-0.2, 0) is 16.1 Å². The summed E-state index contributed by atoms with van der Waals surface area (Å²) in [6.45, 7) is 3.48. The van der Waals surface area contributed by atoms with Crippen molar-refractivity contribution in [2.24, 2.45) is 0 Å². The van der Waals surface area contributed by atoms with Gasteiger partial charge in [0.25, 0.3) is 5.56 Å². The van der Waals surface area contributed by atoms with Gasteiger partial charge in [-0.25, -0.2) is 4.98 Å². The molecule has 0 unspecified atom stereocenters. The fraction of sp³-hybridized carbons (Fsp3) is 0.200. The van der Waals surface area contributed by atoms with Crippen molar-refractivity contribution in [1.82, 2.24) is 9.55 Å². The van der Waals surface area contributed by atoms with Crippen LogP contribution in [0.25, 0.3) is 10.9 Å². The predicted molar refractivity (Wildman–Crippen MR) is 105 cm³/mol. The van der Waals surface area contributed by atoms with E-state index in [0.29, 0.717) is 22.3 Å². The molecule has 0 aliphatic carbocycles. The number of rotatable bonds is 5. The van der Waals surface area contributed by atoms with Crippen LogP contribution in [0.1, 0.15) is 18.9 Å².